The molecule has 2 rings (SSSR count). The van der Waals surface area contributed by atoms with Gasteiger partial charge in [0.1, 0.15) is 5.69 Å². The van der Waals surface area contributed by atoms with E-state index in [0.29, 0.717) is 30.1 Å². The highest BCUT2D eigenvalue weighted by Gasteiger charge is 2.39. The van der Waals surface area contributed by atoms with E-state index in [4.69, 9.17) is 11.6 Å². The molecule has 2 heterocycles. The van der Waals surface area contributed by atoms with Crippen LogP contribution in [0.5, 0.6) is 0 Å². The second-order valence-electron chi connectivity index (χ2n) is 5.06. The highest BCUT2D eigenvalue weighted by atomic mass is 35.5. The van der Waals surface area contributed by atoms with Crippen LogP contribution in [0, 0.1) is 5.41 Å². The lowest BCUT2D eigenvalue weighted by Crippen LogP contribution is -2.48. The number of aliphatic carboxylic acids is 1. The number of nitrogens with zero attached hydrogens (tertiary/aromatic N) is 2. The quantitative estimate of drug-likeness (QED) is 0.901. The molecule has 1 atom stereocenters. The topological polar surface area (TPSA) is 70.5 Å². The van der Waals surface area contributed by atoms with E-state index in [1.807, 2.05) is 0 Å². The number of rotatable bonds is 2. The van der Waals surface area contributed by atoms with Gasteiger partial charge in [-0.2, -0.15) is 0 Å². The lowest BCUT2D eigenvalue weighted by atomic mass is 9.82. The van der Waals surface area contributed by atoms with Gasteiger partial charge in [0.15, 0.2) is 0 Å². The molecule has 6 heteroatoms. The average molecular weight is 283 g/mol. The minimum absolute atomic E-state index is 0.214. The molecule has 1 aliphatic rings. The first-order valence-corrected chi connectivity index (χ1v) is 6.44. The summed E-state index contributed by atoms with van der Waals surface area (Å²) in [5, 5.41) is 9.70. The summed E-state index contributed by atoms with van der Waals surface area (Å²) >= 11 is 5.72. The minimum Gasteiger partial charge on any atom is -0.481 e. The number of carbonyl (C=O) groups is 2. The Bertz CT molecular complexity index is 503. The molecule has 1 aromatic rings. The molecule has 1 aliphatic heterocycles. The van der Waals surface area contributed by atoms with Crippen LogP contribution in [-0.2, 0) is 4.79 Å². The molecule has 1 N–H and O–H groups in total. The first kappa shape index (κ1) is 13.8. The maximum atomic E-state index is 12.2. The Morgan fingerprint density at radius 3 is 2.79 bits per heavy atom. The van der Waals surface area contributed by atoms with E-state index in [1.165, 1.54) is 6.20 Å². The van der Waals surface area contributed by atoms with Crippen LogP contribution in [-0.4, -0.2) is 40.0 Å². The molecule has 0 aliphatic carbocycles. The Labute approximate surface area is 116 Å². The van der Waals surface area contributed by atoms with Crippen LogP contribution >= 0.6 is 11.6 Å². The van der Waals surface area contributed by atoms with E-state index in [-0.39, 0.29) is 12.5 Å². The molecule has 0 saturated carbocycles. The van der Waals surface area contributed by atoms with E-state index in [2.05, 4.69) is 4.98 Å². The lowest BCUT2D eigenvalue weighted by Gasteiger charge is -2.37. The molecule has 1 amide bonds. The number of carbonyl (C=O) groups excluding carboxylic acids is 1. The lowest BCUT2D eigenvalue weighted by molar-refractivity contribution is -0.150. The number of halogens is 1. The standard InChI is InChI=1S/C13H15ClN2O3/c1-13(12(18)19)5-2-6-16(8-13)11(17)10-4-3-9(14)7-15-10/h3-4,7H,2,5-6,8H2,1H3,(H,18,19). The summed E-state index contributed by atoms with van der Waals surface area (Å²) in [5.74, 6) is -1.11. The number of carboxylic acids is 1. The highest BCUT2D eigenvalue weighted by Crippen LogP contribution is 2.30. The molecule has 1 fully saturated rings. The summed E-state index contributed by atoms with van der Waals surface area (Å²) < 4.78 is 0. The van der Waals surface area contributed by atoms with Gasteiger partial charge in [0.2, 0.25) is 0 Å². The van der Waals surface area contributed by atoms with Gasteiger partial charge < -0.3 is 10.0 Å². The third-order valence-electron chi connectivity index (χ3n) is 3.45. The van der Waals surface area contributed by atoms with Gasteiger partial charge in [0.25, 0.3) is 5.91 Å². The van der Waals surface area contributed by atoms with Crippen LogP contribution in [0.15, 0.2) is 18.3 Å². The van der Waals surface area contributed by atoms with Crippen molar-refractivity contribution in [2.75, 3.05) is 13.1 Å². The third-order valence-corrected chi connectivity index (χ3v) is 3.67. The number of amides is 1. The first-order chi connectivity index (χ1) is 8.92. The van der Waals surface area contributed by atoms with E-state index in [0.717, 1.165) is 0 Å². The van der Waals surface area contributed by atoms with Crippen LogP contribution in [0.1, 0.15) is 30.3 Å². The Morgan fingerprint density at radius 2 is 2.21 bits per heavy atom. The molecule has 0 radical (unpaired) electrons. The Hall–Kier alpha value is -1.62. The normalized spacial score (nSPS) is 23.2. The number of hydrogen-bond acceptors (Lipinski definition) is 3. The second kappa shape index (κ2) is 5.17. The summed E-state index contributed by atoms with van der Waals surface area (Å²) in [6, 6.07) is 3.15. The minimum atomic E-state index is -0.875. The number of carboxylic acid groups (broad SMARTS) is 1. The first-order valence-electron chi connectivity index (χ1n) is 6.07. The smallest absolute Gasteiger partial charge is 0.311 e. The molecule has 19 heavy (non-hydrogen) atoms. The molecule has 1 saturated heterocycles. The van der Waals surface area contributed by atoms with Crippen molar-refractivity contribution >= 4 is 23.5 Å². The largest absolute Gasteiger partial charge is 0.481 e. The van der Waals surface area contributed by atoms with Crippen molar-refractivity contribution in [3.63, 3.8) is 0 Å². The average Bonchev–Trinajstić information content (AvgIpc) is 2.39. The zero-order valence-corrected chi connectivity index (χ0v) is 11.4. The van der Waals surface area contributed by atoms with Gasteiger partial charge >= 0.3 is 5.97 Å². The number of likely N-dealkylation sites (tertiary alicyclic amines) is 1. The van der Waals surface area contributed by atoms with Gasteiger partial charge in [-0.25, -0.2) is 4.98 Å². The molecule has 0 spiro atoms. The molecular weight excluding hydrogens is 268 g/mol. The Kier molecular flexibility index (Phi) is 3.75. The van der Waals surface area contributed by atoms with Gasteiger partial charge in [0, 0.05) is 19.3 Å². The maximum Gasteiger partial charge on any atom is 0.311 e. The van der Waals surface area contributed by atoms with E-state index >= 15 is 0 Å². The van der Waals surface area contributed by atoms with Crippen molar-refractivity contribution < 1.29 is 14.7 Å². The van der Waals surface area contributed by atoms with E-state index < -0.39 is 11.4 Å². The fraction of sp³-hybridized carbons (Fsp3) is 0.462. The monoisotopic (exact) mass is 282 g/mol. The molecule has 0 aromatic carbocycles. The van der Waals surface area contributed by atoms with Gasteiger partial charge in [-0.05, 0) is 31.9 Å². The fourth-order valence-electron chi connectivity index (χ4n) is 2.25. The van der Waals surface area contributed by atoms with E-state index in [9.17, 15) is 14.7 Å². The summed E-state index contributed by atoms with van der Waals surface area (Å²) in [6.45, 7) is 2.45. The Balaban J connectivity index is 2.15. The SMILES string of the molecule is CC1(C(=O)O)CCCN(C(=O)c2ccc(Cl)cn2)C1. The van der Waals surface area contributed by atoms with Crippen LogP contribution < -0.4 is 0 Å². The van der Waals surface area contributed by atoms with Crippen molar-refractivity contribution in [3.05, 3.63) is 29.0 Å². The summed E-state index contributed by atoms with van der Waals surface area (Å²) in [5.41, 5.74) is -0.584. The number of hydrogen-bond donors (Lipinski definition) is 1. The Morgan fingerprint density at radius 1 is 1.47 bits per heavy atom. The molecule has 102 valence electrons. The third kappa shape index (κ3) is 2.87. The number of piperidine rings is 1. The molecular formula is C13H15ClN2O3. The van der Waals surface area contributed by atoms with Crippen molar-refractivity contribution in [1.82, 2.24) is 9.88 Å². The van der Waals surface area contributed by atoms with Crippen LogP contribution in [0.3, 0.4) is 0 Å². The molecule has 1 aromatic heterocycles. The zero-order chi connectivity index (χ0) is 14.0. The van der Waals surface area contributed by atoms with Crippen LogP contribution in [0.4, 0.5) is 0 Å². The van der Waals surface area contributed by atoms with Crippen molar-refractivity contribution in [3.8, 4) is 0 Å². The van der Waals surface area contributed by atoms with Crippen molar-refractivity contribution in [2.45, 2.75) is 19.8 Å². The van der Waals surface area contributed by atoms with Gasteiger partial charge in [0.05, 0.1) is 10.4 Å². The van der Waals surface area contributed by atoms with Crippen LogP contribution in [0.25, 0.3) is 0 Å². The second-order valence-corrected chi connectivity index (χ2v) is 5.49. The molecule has 5 nitrogen and oxygen atoms in total. The predicted octanol–water partition coefficient (Wildman–Crippen LogP) is 2.06. The van der Waals surface area contributed by atoms with Gasteiger partial charge in [-0.3, -0.25) is 9.59 Å². The zero-order valence-electron chi connectivity index (χ0n) is 10.6. The van der Waals surface area contributed by atoms with Gasteiger partial charge in [-0.1, -0.05) is 11.6 Å². The maximum absolute atomic E-state index is 12.2. The van der Waals surface area contributed by atoms with Gasteiger partial charge in [-0.15, -0.1) is 0 Å². The van der Waals surface area contributed by atoms with Crippen molar-refractivity contribution in [2.24, 2.45) is 5.41 Å². The molecule has 1 unspecified atom stereocenters. The summed E-state index contributed by atoms with van der Waals surface area (Å²) in [6.07, 6.45) is 2.68. The van der Waals surface area contributed by atoms with E-state index in [1.54, 1.807) is 24.0 Å². The number of aromatic nitrogens is 1. The number of pyridine rings is 1. The van der Waals surface area contributed by atoms with Crippen molar-refractivity contribution in [1.29, 1.82) is 0 Å². The highest BCUT2D eigenvalue weighted by molar-refractivity contribution is 6.30. The molecule has 0 bridgehead atoms. The summed E-state index contributed by atoms with van der Waals surface area (Å²) in [7, 11) is 0. The summed E-state index contributed by atoms with van der Waals surface area (Å²) in [4.78, 5) is 29.0. The predicted molar refractivity (Wildman–Crippen MR) is 70.1 cm³/mol. The van der Waals surface area contributed by atoms with Crippen LogP contribution in [0.2, 0.25) is 5.02 Å². The fourth-order valence-corrected chi connectivity index (χ4v) is 2.36.